The summed E-state index contributed by atoms with van der Waals surface area (Å²) in [5.74, 6) is 0. The first-order valence-electron chi connectivity index (χ1n) is 3.11. The minimum absolute atomic E-state index is 0.275. The van der Waals surface area contributed by atoms with Crippen LogP contribution in [0, 0.1) is 0 Å². The quantitative estimate of drug-likeness (QED) is 0.459. The van der Waals surface area contributed by atoms with Gasteiger partial charge in [-0.2, -0.15) is 0 Å². The summed E-state index contributed by atoms with van der Waals surface area (Å²) >= 11 is 5.80. The maximum atomic E-state index is 5.80. The highest BCUT2D eigenvalue weighted by molar-refractivity contribution is 6.20. The van der Waals surface area contributed by atoms with E-state index in [1.165, 1.54) is 12.8 Å². The summed E-state index contributed by atoms with van der Waals surface area (Å²) in [5, 5.41) is 0.275. The van der Waals surface area contributed by atoms with E-state index >= 15 is 0 Å². The van der Waals surface area contributed by atoms with E-state index in [0.717, 1.165) is 19.6 Å². The smallest absolute Gasteiger partial charge is 0.0630 e. The van der Waals surface area contributed by atoms with Gasteiger partial charge < -0.3 is 4.74 Å². The fourth-order valence-electron chi connectivity index (χ4n) is 0.864. The van der Waals surface area contributed by atoms with Gasteiger partial charge in [0, 0.05) is 6.61 Å². The molecule has 0 saturated carbocycles. The fourth-order valence-corrected chi connectivity index (χ4v) is 1.11. The molecule has 1 aliphatic rings. The molecule has 0 spiro atoms. The third-order valence-electron chi connectivity index (χ3n) is 1.35. The first-order valence-corrected chi connectivity index (χ1v) is 3.55. The van der Waals surface area contributed by atoms with Crippen LogP contribution in [-0.2, 0) is 4.74 Å². The van der Waals surface area contributed by atoms with Gasteiger partial charge in [-0.3, -0.25) is 0 Å². The maximum Gasteiger partial charge on any atom is 0.0630 e. The number of alkyl halides is 1. The lowest BCUT2D eigenvalue weighted by Gasteiger charge is -2.00. The van der Waals surface area contributed by atoms with Crippen LogP contribution in [0.2, 0.25) is 0 Å². The summed E-state index contributed by atoms with van der Waals surface area (Å²) in [6.07, 6.45) is 3.54. The normalized spacial score (nSPS) is 31.9. The SMILES string of the molecule is ClC1CCCCOC1. The van der Waals surface area contributed by atoms with E-state index in [-0.39, 0.29) is 5.38 Å². The van der Waals surface area contributed by atoms with Gasteiger partial charge in [-0.1, -0.05) is 0 Å². The molecule has 1 heterocycles. The summed E-state index contributed by atoms with van der Waals surface area (Å²) in [7, 11) is 0. The molecule has 1 atom stereocenters. The first kappa shape index (κ1) is 6.37. The summed E-state index contributed by atoms with van der Waals surface area (Å²) in [5.41, 5.74) is 0. The van der Waals surface area contributed by atoms with Gasteiger partial charge in [-0.05, 0) is 19.3 Å². The van der Waals surface area contributed by atoms with Gasteiger partial charge in [-0.25, -0.2) is 0 Å². The van der Waals surface area contributed by atoms with Crippen molar-refractivity contribution < 1.29 is 4.74 Å². The van der Waals surface area contributed by atoms with Crippen LogP contribution in [0.5, 0.6) is 0 Å². The van der Waals surface area contributed by atoms with Crippen molar-refractivity contribution in [3.8, 4) is 0 Å². The van der Waals surface area contributed by atoms with Crippen LogP contribution in [0.4, 0.5) is 0 Å². The van der Waals surface area contributed by atoms with Crippen LogP contribution >= 0.6 is 11.6 Å². The minimum atomic E-state index is 0.275. The molecule has 0 radical (unpaired) electrons. The Morgan fingerprint density at radius 3 is 3.12 bits per heavy atom. The summed E-state index contributed by atoms with van der Waals surface area (Å²) < 4.78 is 5.17. The Bertz CT molecular complexity index is 57.5. The van der Waals surface area contributed by atoms with Crippen molar-refractivity contribution in [1.29, 1.82) is 0 Å². The Morgan fingerprint density at radius 2 is 2.25 bits per heavy atom. The molecule has 1 aliphatic heterocycles. The van der Waals surface area contributed by atoms with Crippen molar-refractivity contribution in [2.75, 3.05) is 13.2 Å². The summed E-state index contributed by atoms with van der Waals surface area (Å²) in [6.45, 7) is 1.66. The molecule has 1 fully saturated rings. The Kier molecular flexibility index (Phi) is 2.64. The fraction of sp³-hybridized carbons (Fsp3) is 1.00. The molecule has 1 saturated heterocycles. The largest absolute Gasteiger partial charge is 0.380 e. The Balaban J connectivity index is 2.17. The van der Waals surface area contributed by atoms with Gasteiger partial charge in [-0.15, -0.1) is 11.6 Å². The van der Waals surface area contributed by atoms with Crippen LogP contribution in [0.3, 0.4) is 0 Å². The molecule has 48 valence electrons. The van der Waals surface area contributed by atoms with Crippen molar-refractivity contribution in [2.45, 2.75) is 24.6 Å². The lowest BCUT2D eigenvalue weighted by molar-refractivity contribution is 0.146. The zero-order valence-electron chi connectivity index (χ0n) is 4.90. The third-order valence-corrected chi connectivity index (χ3v) is 1.70. The predicted octanol–water partition coefficient (Wildman–Crippen LogP) is 1.79. The second kappa shape index (κ2) is 3.31. The van der Waals surface area contributed by atoms with Crippen LogP contribution in [0.25, 0.3) is 0 Å². The van der Waals surface area contributed by atoms with E-state index in [1.54, 1.807) is 0 Å². The van der Waals surface area contributed by atoms with Gasteiger partial charge in [0.2, 0.25) is 0 Å². The van der Waals surface area contributed by atoms with Crippen LogP contribution in [0.1, 0.15) is 19.3 Å². The molecule has 0 aromatic heterocycles. The number of rotatable bonds is 0. The van der Waals surface area contributed by atoms with Gasteiger partial charge in [0.05, 0.1) is 12.0 Å². The molecule has 2 heteroatoms. The number of hydrogen-bond donors (Lipinski definition) is 0. The van der Waals surface area contributed by atoms with Crippen molar-refractivity contribution in [2.24, 2.45) is 0 Å². The van der Waals surface area contributed by atoms with E-state index < -0.39 is 0 Å². The zero-order valence-corrected chi connectivity index (χ0v) is 5.66. The van der Waals surface area contributed by atoms with E-state index in [0.29, 0.717) is 0 Å². The molecule has 1 unspecified atom stereocenters. The van der Waals surface area contributed by atoms with E-state index in [4.69, 9.17) is 16.3 Å². The number of hydrogen-bond acceptors (Lipinski definition) is 1. The molecule has 1 nitrogen and oxygen atoms in total. The molecule has 8 heavy (non-hydrogen) atoms. The molecule has 0 N–H and O–H groups in total. The van der Waals surface area contributed by atoms with Crippen LogP contribution in [-0.4, -0.2) is 18.6 Å². The molecular weight excluding hydrogens is 124 g/mol. The van der Waals surface area contributed by atoms with E-state index in [2.05, 4.69) is 0 Å². The average molecular weight is 135 g/mol. The van der Waals surface area contributed by atoms with Crippen molar-refractivity contribution in [3.05, 3.63) is 0 Å². The maximum absolute atomic E-state index is 5.80. The highest BCUT2D eigenvalue weighted by Gasteiger charge is 2.07. The van der Waals surface area contributed by atoms with Gasteiger partial charge >= 0.3 is 0 Å². The minimum Gasteiger partial charge on any atom is -0.380 e. The number of ether oxygens (including phenoxy) is 1. The molecular formula is C6H11ClO. The second-order valence-electron chi connectivity index (χ2n) is 2.17. The Labute approximate surface area is 55.0 Å². The van der Waals surface area contributed by atoms with Crippen molar-refractivity contribution in [1.82, 2.24) is 0 Å². The van der Waals surface area contributed by atoms with Crippen molar-refractivity contribution in [3.63, 3.8) is 0 Å². The third kappa shape index (κ3) is 2.01. The van der Waals surface area contributed by atoms with Gasteiger partial charge in [0.15, 0.2) is 0 Å². The van der Waals surface area contributed by atoms with Crippen LogP contribution in [0.15, 0.2) is 0 Å². The topological polar surface area (TPSA) is 9.23 Å². The summed E-state index contributed by atoms with van der Waals surface area (Å²) in [6, 6.07) is 0. The molecule has 0 aliphatic carbocycles. The lowest BCUT2D eigenvalue weighted by Crippen LogP contribution is -2.04. The predicted molar refractivity (Wildman–Crippen MR) is 34.3 cm³/mol. The van der Waals surface area contributed by atoms with Crippen LogP contribution < -0.4 is 0 Å². The van der Waals surface area contributed by atoms with Gasteiger partial charge in [0.1, 0.15) is 0 Å². The first-order chi connectivity index (χ1) is 3.89. The highest BCUT2D eigenvalue weighted by Crippen LogP contribution is 2.11. The standard InChI is InChI=1S/C6H11ClO/c7-6-3-1-2-4-8-5-6/h6H,1-5H2. The van der Waals surface area contributed by atoms with E-state index in [1.807, 2.05) is 0 Å². The molecule has 0 amide bonds. The molecule has 0 aromatic carbocycles. The van der Waals surface area contributed by atoms with E-state index in [9.17, 15) is 0 Å². The summed E-state index contributed by atoms with van der Waals surface area (Å²) in [4.78, 5) is 0. The average Bonchev–Trinajstić information content (AvgIpc) is 1.94. The lowest BCUT2D eigenvalue weighted by atomic mass is 10.2. The molecule has 1 rings (SSSR count). The Hall–Kier alpha value is 0.250. The van der Waals surface area contributed by atoms with Gasteiger partial charge in [0.25, 0.3) is 0 Å². The van der Waals surface area contributed by atoms with Crippen molar-refractivity contribution >= 4 is 11.6 Å². The number of halogens is 1. The molecule has 0 aromatic rings. The highest BCUT2D eigenvalue weighted by atomic mass is 35.5. The zero-order chi connectivity index (χ0) is 5.82. The second-order valence-corrected chi connectivity index (χ2v) is 2.79. The monoisotopic (exact) mass is 134 g/mol. The molecule has 0 bridgehead atoms. The Morgan fingerprint density at radius 1 is 1.38 bits per heavy atom.